The van der Waals surface area contributed by atoms with Crippen molar-refractivity contribution < 1.29 is 28.6 Å². The van der Waals surface area contributed by atoms with Gasteiger partial charge in [0.05, 0.1) is 17.8 Å². The van der Waals surface area contributed by atoms with Gasteiger partial charge in [0.15, 0.2) is 11.5 Å². The van der Waals surface area contributed by atoms with Crippen molar-refractivity contribution in [2.24, 2.45) is 0 Å². The van der Waals surface area contributed by atoms with Gasteiger partial charge in [-0.15, -0.1) is 0 Å². The molecule has 10 heteroatoms. The summed E-state index contributed by atoms with van der Waals surface area (Å²) in [4.78, 5) is 40.0. The van der Waals surface area contributed by atoms with Crippen LogP contribution in [0.3, 0.4) is 0 Å². The first-order valence-electron chi connectivity index (χ1n) is 14.2. The molecule has 4 amide bonds. The summed E-state index contributed by atoms with van der Waals surface area (Å²) >= 11 is 10.0. The maximum absolute atomic E-state index is 13.5. The molecule has 46 heavy (non-hydrogen) atoms. The molecule has 6 rings (SSSR count). The molecule has 0 radical (unpaired) electrons. The lowest BCUT2D eigenvalue weighted by atomic mass is 10.1. The number of carbonyl (C=O) groups is 3. The number of halogens is 2. The summed E-state index contributed by atoms with van der Waals surface area (Å²) in [5.74, 6) is -0.434. The van der Waals surface area contributed by atoms with Crippen LogP contribution in [-0.4, -0.2) is 25.0 Å². The fourth-order valence-electron chi connectivity index (χ4n) is 5.03. The van der Waals surface area contributed by atoms with Gasteiger partial charge in [0.25, 0.3) is 11.8 Å². The number of anilines is 1. The average molecular weight is 698 g/mol. The largest absolute Gasteiger partial charge is 0.493 e. The van der Waals surface area contributed by atoms with E-state index in [0.29, 0.717) is 29.4 Å². The monoisotopic (exact) mass is 696 g/mol. The number of rotatable bonds is 9. The topological polar surface area (TPSA) is 94.2 Å². The molecular formula is C36H26BrClN2O6. The molecule has 1 aliphatic rings. The minimum Gasteiger partial charge on any atom is -0.493 e. The molecule has 1 heterocycles. The van der Waals surface area contributed by atoms with E-state index in [1.165, 1.54) is 13.2 Å². The highest BCUT2D eigenvalue weighted by molar-refractivity contribution is 9.10. The number of nitrogens with zero attached hydrogens (tertiary/aromatic N) is 1. The van der Waals surface area contributed by atoms with Crippen molar-refractivity contribution in [1.29, 1.82) is 0 Å². The maximum Gasteiger partial charge on any atom is 0.335 e. The first-order chi connectivity index (χ1) is 22.3. The molecule has 0 aromatic heterocycles. The van der Waals surface area contributed by atoms with Crippen molar-refractivity contribution in [3.05, 3.63) is 135 Å². The normalized spacial score (nSPS) is 14.0. The van der Waals surface area contributed by atoms with Crippen LogP contribution in [0.15, 0.2) is 113 Å². The van der Waals surface area contributed by atoms with Gasteiger partial charge in [-0.2, -0.15) is 0 Å². The van der Waals surface area contributed by atoms with E-state index in [-0.39, 0.29) is 22.9 Å². The van der Waals surface area contributed by atoms with Gasteiger partial charge in [-0.05, 0) is 82.1 Å². The van der Waals surface area contributed by atoms with E-state index in [1.807, 2.05) is 66.7 Å². The summed E-state index contributed by atoms with van der Waals surface area (Å²) in [6, 6.07) is 30.5. The van der Waals surface area contributed by atoms with Crippen LogP contribution in [0.4, 0.5) is 10.5 Å². The number of nitrogens with one attached hydrogen (secondary N) is 1. The summed E-state index contributed by atoms with van der Waals surface area (Å²) in [7, 11) is 1.47. The van der Waals surface area contributed by atoms with E-state index in [0.717, 1.165) is 31.3 Å². The molecule has 0 aliphatic carbocycles. The first kappa shape index (κ1) is 30.9. The quantitative estimate of drug-likeness (QED) is 0.124. The van der Waals surface area contributed by atoms with Gasteiger partial charge in [-0.1, -0.05) is 82.1 Å². The van der Waals surface area contributed by atoms with Gasteiger partial charge in [0.2, 0.25) is 0 Å². The summed E-state index contributed by atoms with van der Waals surface area (Å²) < 4.78 is 18.5. The number of imide groups is 2. The number of hydrogen-bond acceptors (Lipinski definition) is 6. The number of fused-ring (bicyclic) bond motifs is 1. The van der Waals surface area contributed by atoms with Crippen LogP contribution < -0.4 is 24.4 Å². The number of benzene rings is 5. The van der Waals surface area contributed by atoms with Gasteiger partial charge in [-0.25, -0.2) is 9.69 Å². The Balaban J connectivity index is 1.20. The van der Waals surface area contributed by atoms with Crippen molar-refractivity contribution in [1.82, 2.24) is 5.32 Å². The Morgan fingerprint density at radius 1 is 0.848 bits per heavy atom. The van der Waals surface area contributed by atoms with Crippen LogP contribution in [0.25, 0.3) is 16.8 Å². The third-order valence-electron chi connectivity index (χ3n) is 7.33. The molecule has 1 saturated heterocycles. The van der Waals surface area contributed by atoms with Gasteiger partial charge < -0.3 is 14.2 Å². The van der Waals surface area contributed by atoms with Gasteiger partial charge in [0, 0.05) is 4.47 Å². The number of methoxy groups -OCH3 is 1. The van der Waals surface area contributed by atoms with Crippen molar-refractivity contribution in [2.75, 3.05) is 12.0 Å². The minimum atomic E-state index is -0.858. The molecule has 1 N–H and O–H groups in total. The Bertz CT molecular complexity index is 1990. The smallest absolute Gasteiger partial charge is 0.335 e. The Morgan fingerprint density at radius 2 is 1.59 bits per heavy atom. The van der Waals surface area contributed by atoms with Gasteiger partial charge in [0.1, 0.15) is 24.5 Å². The highest BCUT2D eigenvalue weighted by atomic mass is 79.9. The molecule has 0 saturated carbocycles. The van der Waals surface area contributed by atoms with E-state index in [9.17, 15) is 14.4 Å². The van der Waals surface area contributed by atoms with Crippen molar-refractivity contribution in [2.45, 2.75) is 13.2 Å². The average Bonchev–Trinajstić information content (AvgIpc) is 3.06. The highest BCUT2D eigenvalue weighted by Gasteiger charge is 2.37. The van der Waals surface area contributed by atoms with E-state index in [4.69, 9.17) is 25.8 Å². The summed E-state index contributed by atoms with van der Waals surface area (Å²) in [6.45, 7) is 0.583. The van der Waals surface area contributed by atoms with E-state index < -0.39 is 17.8 Å². The van der Waals surface area contributed by atoms with Crippen LogP contribution in [0.5, 0.6) is 17.2 Å². The molecule has 5 aromatic carbocycles. The lowest BCUT2D eigenvalue weighted by Crippen LogP contribution is -2.54. The first-order valence-corrected chi connectivity index (χ1v) is 15.3. The number of hydrogen-bond donors (Lipinski definition) is 1. The number of ether oxygens (including phenoxy) is 3. The Morgan fingerprint density at radius 3 is 2.35 bits per heavy atom. The second-order valence-electron chi connectivity index (χ2n) is 10.3. The zero-order valence-corrected chi connectivity index (χ0v) is 26.8. The lowest BCUT2D eigenvalue weighted by molar-refractivity contribution is -0.122. The number of amides is 4. The fourth-order valence-corrected chi connectivity index (χ4v) is 5.57. The van der Waals surface area contributed by atoms with Crippen molar-refractivity contribution in [3.8, 4) is 17.2 Å². The molecule has 0 atom stereocenters. The molecule has 0 spiro atoms. The summed E-state index contributed by atoms with van der Waals surface area (Å²) in [6.07, 6.45) is 1.36. The standard InChI is InChI=1S/C36H26BrClN2O6/c1-44-32-19-23(18-31(38)33(32)46-21-25-7-4-6-24-5-2-3-8-29(24)25)17-30-34(41)39-36(43)40(35(30)42)27-13-15-28(16-14-27)45-20-22-9-11-26(37)12-10-22/h2-19H,20-21H2,1H3,(H,39,41,43)/b30-17+. The lowest BCUT2D eigenvalue weighted by Gasteiger charge is -2.26. The Hall–Kier alpha value is -5.12. The van der Waals surface area contributed by atoms with E-state index in [1.54, 1.807) is 36.4 Å². The SMILES string of the molecule is COc1cc(/C=C2\C(=O)NC(=O)N(c3ccc(OCc4ccc(Br)cc4)cc3)C2=O)cc(Cl)c1OCc1cccc2ccccc12. The zero-order valence-electron chi connectivity index (χ0n) is 24.5. The molecular weight excluding hydrogens is 672 g/mol. The van der Waals surface area contributed by atoms with Crippen molar-refractivity contribution >= 4 is 67.9 Å². The molecule has 230 valence electrons. The van der Waals surface area contributed by atoms with Gasteiger partial charge in [-0.3, -0.25) is 14.9 Å². The van der Waals surface area contributed by atoms with Crippen LogP contribution in [-0.2, 0) is 22.8 Å². The summed E-state index contributed by atoms with van der Waals surface area (Å²) in [5, 5.41) is 4.61. The second kappa shape index (κ2) is 13.5. The van der Waals surface area contributed by atoms with Crippen LogP contribution in [0.2, 0.25) is 5.02 Å². The molecule has 1 fully saturated rings. The Labute approximate surface area is 278 Å². The predicted octanol–water partition coefficient (Wildman–Crippen LogP) is 8.09. The molecule has 1 aliphatic heterocycles. The Kier molecular flexibility index (Phi) is 9.05. The van der Waals surface area contributed by atoms with E-state index >= 15 is 0 Å². The summed E-state index contributed by atoms with van der Waals surface area (Å²) in [5.41, 5.74) is 2.37. The number of urea groups is 1. The third-order valence-corrected chi connectivity index (χ3v) is 8.14. The van der Waals surface area contributed by atoms with Crippen LogP contribution in [0.1, 0.15) is 16.7 Å². The van der Waals surface area contributed by atoms with E-state index in [2.05, 4.69) is 21.2 Å². The minimum absolute atomic E-state index is 0.224. The van der Waals surface area contributed by atoms with Crippen LogP contribution in [0, 0.1) is 0 Å². The molecule has 0 unspecified atom stereocenters. The number of carbonyl (C=O) groups excluding carboxylic acids is 3. The number of barbiturate groups is 1. The molecule has 8 nitrogen and oxygen atoms in total. The third kappa shape index (κ3) is 6.61. The maximum atomic E-state index is 13.5. The van der Waals surface area contributed by atoms with Crippen molar-refractivity contribution in [3.63, 3.8) is 0 Å². The highest BCUT2D eigenvalue weighted by Crippen LogP contribution is 2.38. The molecule has 0 bridgehead atoms. The van der Waals surface area contributed by atoms with Crippen LogP contribution >= 0.6 is 27.5 Å². The predicted molar refractivity (Wildman–Crippen MR) is 180 cm³/mol. The second-order valence-corrected chi connectivity index (χ2v) is 11.7. The van der Waals surface area contributed by atoms with Gasteiger partial charge >= 0.3 is 6.03 Å². The molecule has 5 aromatic rings. The fraction of sp³-hybridized carbons (Fsp3) is 0.0833. The zero-order chi connectivity index (χ0) is 32.2.